The van der Waals surface area contributed by atoms with E-state index in [0.29, 0.717) is 18.5 Å². The van der Waals surface area contributed by atoms with Gasteiger partial charge in [-0.05, 0) is 24.1 Å². The molecule has 1 aliphatic heterocycles. The molecular formula is C11H11F2NO. The summed E-state index contributed by atoms with van der Waals surface area (Å²) in [5, 5.41) is 2.65. The second-order valence-corrected chi connectivity index (χ2v) is 3.81. The highest BCUT2D eigenvalue weighted by molar-refractivity contribution is 5.93. The third kappa shape index (κ3) is 1.98. The quantitative estimate of drug-likeness (QED) is 0.760. The lowest BCUT2D eigenvalue weighted by atomic mass is 9.98. The summed E-state index contributed by atoms with van der Waals surface area (Å²) in [4.78, 5) is 11.0. The summed E-state index contributed by atoms with van der Waals surface area (Å²) in [5.41, 5.74) is 1.44. The van der Waals surface area contributed by atoms with Crippen molar-refractivity contribution in [3.05, 3.63) is 29.3 Å². The van der Waals surface area contributed by atoms with Crippen LogP contribution in [0.3, 0.4) is 0 Å². The van der Waals surface area contributed by atoms with Crippen molar-refractivity contribution in [1.29, 1.82) is 0 Å². The average molecular weight is 211 g/mol. The molecule has 0 unspecified atom stereocenters. The lowest BCUT2D eigenvalue weighted by Crippen LogP contribution is -2.19. The van der Waals surface area contributed by atoms with Gasteiger partial charge in [-0.15, -0.1) is 0 Å². The monoisotopic (exact) mass is 211 g/mol. The van der Waals surface area contributed by atoms with Crippen molar-refractivity contribution in [2.45, 2.75) is 25.7 Å². The highest BCUT2D eigenvalue weighted by atomic mass is 19.3. The van der Waals surface area contributed by atoms with E-state index < -0.39 is 5.92 Å². The first-order valence-electron chi connectivity index (χ1n) is 4.78. The lowest BCUT2D eigenvalue weighted by Gasteiger charge is -2.19. The fourth-order valence-corrected chi connectivity index (χ4v) is 1.66. The molecule has 0 atom stereocenters. The van der Waals surface area contributed by atoms with E-state index in [2.05, 4.69) is 5.32 Å². The number of rotatable bonds is 1. The summed E-state index contributed by atoms with van der Waals surface area (Å²) >= 11 is 0. The summed E-state index contributed by atoms with van der Waals surface area (Å²) in [6, 6.07) is 4.36. The van der Waals surface area contributed by atoms with Crippen molar-refractivity contribution in [3.63, 3.8) is 0 Å². The van der Waals surface area contributed by atoms with Crippen molar-refractivity contribution in [3.8, 4) is 0 Å². The van der Waals surface area contributed by atoms with Crippen molar-refractivity contribution in [2.24, 2.45) is 0 Å². The molecule has 1 aromatic rings. The Bertz CT molecular complexity index is 410. The first-order valence-corrected chi connectivity index (χ1v) is 4.78. The van der Waals surface area contributed by atoms with Gasteiger partial charge in [-0.25, -0.2) is 8.78 Å². The van der Waals surface area contributed by atoms with E-state index in [-0.39, 0.29) is 11.5 Å². The number of benzene rings is 1. The van der Waals surface area contributed by atoms with Crippen molar-refractivity contribution < 1.29 is 13.6 Å². The Morgan fingerprint density at radius 2 is 2.07 bits per heavy atom. The maximum absolute atomic E-state index is 13.0. The van der Waals surface area contributed by atoms with Crippen LogP contribution in [0.4, 0.5) is 14.5 Å². The van der Waals surface area contributed by atoms with Gasteiger partial charge in [0.2, 0.25) is 5.91 Å². The number of anilines is 1. The van der Waals surface area contributed by atoms with Gasteiger partial charge in [0.1, 0.15) is 0 Å². The van der Waals surface area contributed by atoms with E-state index in [1.54, 1.807) is 6.07 Å². The van der Waals surface area contributed by atoms with Gasteiger partial charge >= 0.3 is 0 Å². The fourth-order valence-electron chi connectivity index (χ4n) is 1.66. The molecule has 15 heavy (non-hydrogen) atoms. The summed E-state index contributed by atoms with van der Waals surface area (Å²) in [6.07, 6.45) is 0.900. The molecule has 2 rings (SSSR count). The summed E-state index contributed by atoms with van der Waals surface area (Å²) in [6.45, 7) is 0.871. The van der Waals surface area contributed by atoms with Gasteiger partial charge in [-0.1, -0.05) is 6.07 Å². The molecular weight excluding hydrogens is 200 g/mol. The molecule has 0 aliphatic carbocycles. The normalized spacial score (nSPS) is 15.8. The number of amides is 1. The van der Waals surface area contributed by atoms with Crippen molar-refractivity contribution >= 4 is 11.6 Å². The largest absolute Gasteiger partial charge is 0.326 e. The SMILES string of the molecule is CC(F)(F)c1ccc2c(c1)CCC(=O)N2. The predicted molar refractivity (Wildman–Crippen MR) is 53.0 cm³/mol. The minimum Gasteiger partial charge on any atom is -0.326 e. The fraction of sp³-hybridized carbons (Fsp3) is 0.364. The average Bonchev–Trinajstić information content (AvgIpc) is 2.15. The smallest absolute Gasteiger partial charge is 0.270 e. The van der Waals surface area contributed by atoms with Crippen LogP contribution in [0.25, 0.3) is 0 Å². The van der Waals surface area contributed by atoms with Gasteiger partial charge in [0, 0.05) is 24.6 Å². The number of halogens is 2. The standard InChI is InChI=1S/C11H11F2NO/c1-11(12,13)8-3-4-9-7(6-8)2-5-10(15)14-9/h3-4,6H,2,5H2,1H3,(H,14,15). The molecule has 0 radical (unpaired) electrons. The van der Waals surface area contributed by atoms with Gasteiger partial charge in [-0.3, -0.25) is 4.79 Å². The van der Waals surface area contributed by atoms with Gasteiger partial charge in [0.25, 0.3) is 5.92 Å². The van der Waals surface area contributed by atoms with Crippen LogP contribution in [0.15, 0.2) is 18.2 Å². The van der Waals surface area contributed by atoms with E-state index >= 15 is 0 Å². The number of carbonyl (C=O) groups is 1. The van der Waals surface area contributed by atoms with Gasteiger partial charge in [0.15, 0.2) is 0 Å². The zero-order chi connectivity index (χ0) is 11.1. The molecule has 1 amide bonds. The second kappa shape index (κ2) is 3.29. The third-order valence-corrected chi connectivity index (χ3v) is 2.51. The molecule has 4 heteroatoms. The van der Waals surface area contributed by atoms with Crippen molar-refractivity contribution in [2.75, 3.05) is 5.32 Å². The first-order chi connectivity index (χ1) is 6.97. The highest BCUT2D eigenvalue weighted by Gasteiger charge is 2.26. The molecule has 0 spiro atoms. The minimum absolute atomic E-state index is 0.00241. The Hall–Kier alpha value is -1.45. The van der Waals surface area contributed by atoms with Crippen LogP contribution in [0.5, 0.6) is 0 Å². The van der Waals surface area contributed by atoms with Gasteiger partial charge in [-0.2, -0.15) is 0 Å². The Labute approximate surface area is 86.3 Å². The number of nitrogens with one attached hydrogen (secondary N) is 1. The zero-order valence-corrected chi connectivity index (χ0v) is 8.31. The van der Waals surface area contributed by atoms with Crippen LogP contribution in [-0.2, 0) is 17.1 Å². The maximum atomic E-state index is 13.0. The van der Waals surface area contributed by atoms with Crippen LogP contribution in [0.2, 0.25) is 0 Å². The van der Waals surface area contributed by atoms with Crippen LogP contribution in [0.1, 0.15) is 24.5 Å². The Morgan fingerprint density at radius 3 is 2.73 bits per heavy atom. The first kappa shape index (κ1) is 10.1. The number of fused-ring (bicyclic) bond motifs is 1. The van der Waals surface area contributed by atoms with E-state index in [4.69, 9.17) is 0 Å². The molecule has 0 saturated heterocycles. The van der Waals surface area contributed by atoms with E-state index in [9.17, 15) is 13.6 Å². The Morgan fingerprint density at radius 1 is 1.33 bits per heavy atom. The summed E-state index contributed by atoms with van der Waals surface area (Å²) < 4.78 is 26.0. The van der Waals surface area contributed by atoms with Crippen LogP contribution in [0, 0.1) is 0 Å². The van der Waals surface area contributed by atoms with E-state index in [1.807, 2.05) is 0 Å². The maximum Gasteiger partial charge on any atom is 0.270 e. The lowest BCUT2D eigenvalue weighted by molar-refractivity contribution is -0.116. The van der Waals surface area contributed by atoms with Crippen LogP contribution < -0.4 is 5.32 Å². The van der Waals surface area contributed by atoms with E-state index in [1.165, 1.54) is 12.1 Å². The number of aryl methyl sites for hydroxylation is 1. The molecule has 1 heterocycles. The number of hydrogen-bond acceptors (Lipinski definition) is 1. The molecule has 0 saturated carbocycles. The number of alkyl halides is 2. The zero-order valence-electron chi connectivity index (χ0n) is 8.31. The Kier molecular flexibility index (Phi) is 2.21. The number of hydrogen-bond donors (Lipinski definition) is 1. The molecule has 0 fully saturated rings. The molecule has 0 aromatic heterocycles. The molecule has 80 valence electrons. The highest BCUT2D eigenvalue weighted by Crippen LogP contribution is 2.31. The van der Waals surface area contributed by atoms with Crippen LogP contribution in [-0.4, -0.2) is 5.91 Å². The molecule has 0 bridgehead atoms. The Balaban J connectivity index is 2.39. The molecule has 1 N–H and O–H groups in total. The summed E-state index contributed by atoms with van der Waals surface area (Å²) in [5.74, 6) is -2.88. The van der Waals surface area contributed by atoms with Crippen molar-refractivity contribution in [1.82, 2.24) is 0 Å². The minimum atomic E-state index is -2.82. The second-order valence-electron chi connectivity index (χ2n) is 3.81. The summed E-state index contributed by atoms with van der Waals surface area (Å²) in [7, 11) is 0. The topological polar surface area (TPSA) is 29.1 Å². The number of carbonyl (C=O) groups excluding carboxylic acids is 1. The van der Waals surface area contributed by atoms with E-state index in [0.717, 1.165) is 12.5 Å². The van der Waals surface area contributed by atoms with Crippen LogP contribution >= 0.6 is 0 Å². The predicted octanol–water partition coefficient (Wildman–Crippen LogP) is 2.68. The molecule has 1 aromatic carbocycles. The third-order valence-electron chi connectivity index (χ3n) is 2.51. The van der Waals surface area contributed by atoms with Gasteiger partial charge < -0.3 is 5.32 Å². The molecule has 1 aliphatic rings. The molecule has 2 nitrogen and oxygen atoms in total. The van der Waals surface area contributed by atoms with Gasteiger partial charge in [0.05, 0.1) is 0 Å².